The summed E-state index contributed by atoms with van der Waals surface area (Å²) < 4.78 is 0. The molecule has 0 bridgehead atoms. The predicted octanol–water partition coefficient (Wildman–Crippen LogP) is 2.65. The summed E-state index contributed by atoms with van der Waals surface area (Å²) in [6.45, 7) is 4.12. The zero-order valence-electron chi connectivity index (χ0n) is 13.7. The number of carbonyl (C=O) groups is 1. The lowest BCUT2D eigenvalue weighted by Crippen LogP contribution is -2.37. The van der Waals surface area contributed by atoms with Crippen LogP contribution in [0.5, 0.6) is 0 Å². The number of hydrogen-bond acceptors (Lipinski definition) is 2. The van der Waals surface area contributed by atoms with Crippen molar-refractivity contribution in [2.75, 3.05) is 13.1 Å². The van der Waals surface area contributed by atoms with Gasteiger partial charge in [0.05, 0.1) is 6.54 Å². The molecule has 0 atom stereocenters. The number of nitrogens with two attached hydrogens (primary N) is 1. The molecule has 1 aromatic rings. The fourth-order valence-corrected chi connectivity index (χ4v) is 2.33. The van der Waals surface area contributed by atoms with Crippen LogP contribution in [0.25, 0.3) is 0 Å². The molecule has 5 nitrogen and oxygen atoms in total. The number of hydrogen-bond donors (Lipinski definition) is 3. The Morgan fingerprint density at radius 2 is 2.13 bits per heavy atom. The van der Waals surface area contributed by atoms with Crippen LogP contribution < -0.4 is 16.4 Å². The van der Waals surface area contributed by atoms with Gasteiger partial charge >= 0.3 is 0 Å². The van der Waals surface area contributed by atoms with Gasteiger partial charge in [-0.15, -0.1) is 24.0 Å². The highest BCUT2D eigenvalue weighted by atomic mass is 127. The Labute approximate surface area is 155 Å². The van der Waals surface area contributed by atoms with Gasteiger partial charge in [-0.3, -0.25) is 4.79 Å². The lowest BCUT2D eigenvalue weighted by molar-refractivity contribution is 0.0953. The summed E-state index contributed by atoms with van der Waals surface area (Å²) in [7, 11) is 0. The van der Waals surface area contributed by atoms with E-state index in [1.54, 1.807) is 0 Å². The van der Waals surface area contributed by atoms with Gasteiger partial charge in [-0.05, 0) is 42.9 Å². The fraction of sp³-hybridized carbons (Fsp3) is 0.529. The van der Waals surface area contributed by atoms with Crippen molar-refractivity contribution in [3.63, 3.8) is 0 Å². The van der Waals surface area contributed by atoms with Gasteiger partial charge in [0.1, 0.15) is 0 Å². The van der Waals surface area contributed by atoms with E-state index in [1.807, 2.05) is 31.2 Å². The van der Waals surface area contributed by atoms with Crippen molar-refractivity contribution >= 4 is 35.8 Å². The Kier molecular flexibility index (Phi) is 8.98. The highest BCUT2D eigenvalue weighted by Gasteiger charge is 2.16. The third kappa shape index (κ3) is 6.76. The van der Waals surface area contributed by atoms with Crippen molar-refractivity contribution in [3.8, 4) is 0 Å². The maximum absolute atomic E-state index is 11.9. The first-order valence-corrected chi connectivity index (χ1v) is 8.10. The molecule has 0 aromatic heterocycles. The van der Waals surface area contributed by atoms with Crippen molar-refractivity contribution in [1.82, 2.24) is 10.6 Å². The van der Waals surface area contributed by atoms with Gasteiger partial charge in [0, 0.05) is 18.7 Å². The number of aliphatic imine (C=N–C) groups is 1. The van der Waals surface area contributed by atoms with Crippen LogP contribution in [0.3, 0.4) is 0 Å². The van der Waals surface area contributed by atoms with Gasteiger partial charge in [0.25, 0.3) is 5.91 Å². The molecule has 128 valence electrons. The smallest absolute Gasteiger partial charge is 0.251 e. The highest BCUT2D eigenvalue weighted by molar-refractivity contribution is 14.0. The number of guanidine groups is 1. The van der Waals surface area contributed by atoms with E-state index in [0.717, 1.165) is 24.4 Å². The minimum atomic E-state index is -0.0382. The SMILES string of the molecule is CCCNC(=O)c1cccc(CN=C(N)NCC2CCC2)c1.I. The van der Waals surface area contributed by atoms with Crippen molar-refractivity contribution in [3.05, 3.63) is 35.4 Å². The molecule has 0 unspecified atom stereocenters. The number of halogens is 1. The van der Waals surface area contributed by atoms with Gasteiger partial charge in [0.2, 0.25) is 0 Å². The maximum Gasteiger partial charge on any atom is 0.251 e. The van der Waals surface area contributed by atoms with Crippen LogP contribution in [-0.4, -0.2) is 25.0 Å². The third-order valence-corrected chi connectivity index (χ3v) is 3.95. The number of rotatable bonds is 7. The molecule has 0 spiro atoms. The Bertz CT molecular complexity index is 529. The van der Waals surface area contributed by atoms with Crippen LogP contribution in [-0.2, 0) is 6.54 Å². The predicted molar refractivity (Wildman–Crippen MR) is 105 cm³/mol. The Hall–Kier alpha value is -1.31. The molecular formula is C17H27IN4O. The first-order chi connectivity index (χ1) is 10.7. The quantitative estimate of drug-likeness (QED) is 0.354. The molecule has 1 aliphatic rings. The molecule has 0 radical (unpaired) electrons. The van der Waals surface area contributed by atoms with E-state index in [1.165, 1.54) is 19.3 Å². The number of benzene rings is 1. The molecule has 2 rings (SSSR count). The summed E-state index contributed by atoms with van der Waals surface area (Å²) in [6.07, 6.45) is 4.83. The molecule has 1 aliphatic carbocycles. The standard InChI is InChI=1S/C17H26N4O.HI/c1-2-9-19-16(22)15-8-4-7-14(10-15)12-21-17(18)20-11-13-5-3-6-13;/h4,7-8,10,13H,2-3,5-6,9,11-12H2,1H3,(H,19,22)(H3,18,20,21);1H. The topological polar surface area (TPSA) is 79.5 Å². The van der Waals surface area contributed by atoms with Gasteiger partial charge in [-0.1, -0.05) is 25.5 Å². The zero-order valence-corrected chi connectivity index (χ0v) is 16.0. The second kappa shape index (κ2) is 10.5. The Balaban J connectivity index is 0.00000264. The molecule has 0 saturated heterocycles. The van der Waals surface area contributed by atoms with Crippen LogP contribution in [0.1, 0.15) is 48.5 Å². The largest absolute Gasteiger partial charge is 0.370 e. The number of carbonyl (C=O) groups excluding carboxylic acids is 1. The van der Waals surface area contributed by atoms with Gasteiger partial charge in [-0.25, -0.2) is 4.99 Å². The molecule has 1 saturated carbocycles. The van der Waals surface area contributed by atoms with Crippen molar-refractivity contribution in [2.45, 2.75) is 39.2 Å². The van der Waals surface area contributed by atoms with Gasteiger partial charge in [-0.2, -0.15) is 0 Å². The molecular weight excluding hydrogens is 403 g/mol. The first-order valence-electron chi connectivity index (χ1n) is 8.10. The highest BCUT2D eigenvalue weighted by Crippen LogP contribution is 2.24. The molecule has 23 heavy (non-hydrogen) atoms. The summed E-state index contributed by atoms with van der Waals surface area (Å²) in [6, 6.07) is 7.52. The summed E-state index contributed by atoms with van der Waals surface area (Å²) >= 11 is 0. The normalized spacial score (nSPS) is 14.6. The minimum absolute atomic E-state index is 0. The minimum Gasteiger partial charge on any atom is -0.370 e. The number of nitrogens with zero attached hydrogens (tertiary/aromatic N) is 1. The van der Waals surface area contributed by atoms with Crippen LogP contribution in [0.4, 0.5) is 0 Å². The first kappa shape index (κ1) is 19.7. The number of nitrogens with one attached hydrogen (secondary N) is 2. The lowest BCUT2D eigenvalue weighted by atomic mass is 9.85. The molecule has 6 heteroatoms. The van der Waals surface area contributed by atoms with E-state index in [4.69, 9.17) is 5.73 Å². The zero-order chi connectivity index (χ0) is 15.8. The van der Waals surface area contributed by atoms with Crippen LogP contribution in [0.15, 0.2) is 29.3 Å². The van der Waals surface area contributed by atoms with E-state index in [9.17, 15) is 4.79 Å². The molecule has 0 aliphatic heterocycles. The monoisotopic (exact) mass is 430 g/mol. The lowest BCUT2D eigenvalue weighted by Gasteiger charge is -2.25. The summed E-state index contributed by atoms with van der Waals surface area (Å²) in [5.74, 6) is 1.19. The Morgan fingerprint density at radius 1 is 1.35 bits per heavy atom. The van der Waals surface area contributed by atoms with Crippen molar-refractivity contribution in [1.29, 1.82) is 0 Å². The average Bonchev–Trinajstić information content (AvgIpc) is 2.49. The molecule has 1 amide bonds. The van der Waals surface area contributed by atoms with Crippen LogP contribution in [0, 0.1) is 5.92 Å². The van der Waals surface area contributed by atoms with E-state index in [-0.39, 0.29) is 29.9 Å². The molecule has 1 fully saturated rings. The maximum atomic E-state index is 11.9. The van der Waals surface area contributed by atoms with E-state index < -0.39 is 0 Å². The fourth-order valence-electron chi connectivity index (χ4n) is 2.33. The van der Waals surface area contributed by atoms with Crippen molar-refractivity contribution in [2.24, 2.45) is 16.6 Å². The van der Waals surface area contributed by atoms with Crippen molar-refractivity contribution < 1.29 is 4.79 Å². The van der Waals surface area contributed by atoms with Gasteiger partial charge in [0.15, 0.2) is 5.96 Å². The van der Waals surface area contributed by atoms with Gasteiger partial charge < -0.3 is 16.4 Å². The molecule has 0 heterocycles. The average molecular weight is 430 g/mol. The van der Waals surface area contributed by atoms with Crippen LogP contribution >= 0.6 is 24.0 Å². The van der Waals surface area contributed by atoms with Crippen LogP contribution in [0.2, 0.25) is 0 Å². The molecule has 1 aromatic carbocycles. The second-order valence-electron chi connectivity index (χ2n) is 5.84. The number of amides is 1. The molecule has 4 N–H and O–H groups in total. The summed E-state index contributed by atoms with van der Waals surface area (Å²) in [5, 5.41) is 6.04. The van der Waals surface area contributed by atoms with E-state index >= 15 is 0 Å². The second-order valence-corrected chi connectivity index (χ2v) is 5.84. The summed E-state index contributed by atoms with van der Waals surface area (Å²) in [4.78, 5) is 16.3. The third-order valence-electron chi connectivity index (χ3n) is 3.95. The van der Waals surface area contributed by atoms with E-state index in [2.05, 4.69) is 15.6 Å². The van der Waals surface area contributed by atoms with E-state index in [0.29, 0.717) is 24.6 Å². The Morgan fingerprint density at radius 3 is 2.78 bits per heavy atom. The summed E-state index contributed by atoms with van der Waals surface area (Å²) in [5.41, 5.74) is 7.52.